The molecular formula is C27H47N3O3. The first kappa shape index (κ1) is 26.0. The summed E-state index contributed by atoms with van der Waals surface area (Å²) in [7, 11) is 0. The van der Waals surface area contributed by atoms with Gasteiger partial charge >= 0.3 is 0 Å². The van der Waals surface area contributed by atoms with Crippen molar-refractivity contribution in [3.05, 3.63) is 0 Å². The van der Waals surface area contributed by atoms with Gasteiger partial charge in [0.2, 0.25) is 17.7 Å². The maximum atomic E-state index is 13.3. The number of rotatable bonds is 8. The molecule has 0 aromatic rings. The molecule has 0 heterocycles. The van der Waals surface area contributed by atoms with Crippen LogP contribution in [-0.4, -0.2) is 35.8 Å². The molecule has 6 nitrogen and oxygen atoms in total. The molecule has 3 amide bonds. The normalized spacial score (nSPS) is 33.5. The molecular weight excluding hydrogens is 414 g/mol. The molecule has 33 heavy (non-hydrogen) atoms. The molecule has 3 fully saturated rings. The summed E-state index contributed by atoms with van der Waals surface area (Å²) < 4.78 is 0. The zero-order chi connectivity index (χ0) is 23.8. The van der Waals surface area contributed by atoms with Crippen LogP contribution in [0.2, 0.25) is 0 Å². The van der Waals surface area contributed by atoms with Crippen LogP contribution in [0.4, 0.5) is 0 Å². The van der Waals surface area contributed by atoms with E-state index in [-0.39, 0.29) is 48.7 Å². The molecule has 6 atom stereocenters. The van der Waals surface area contributed by atoms with Crippen LogP contribution in [0.3, 0.4) is 0 Å². The highest BCUT2D eigenvalue weighted by molar-refractivity contribution is 5.90. The quantitative estimate of drug-likeness (QED) is 0.498. The van der Waals surface area contributed by atoms with Crippen molar-refractivity contribution in [2.45, 2.75) is 129 Å². The van der Waals surface area contributed by atoms with Crippen molar-refractivity contribution in [1.82, 2.24) is 16.0 Å². The van der Waals surface area contributed by atoms with Gasteiger partial charge in [0.25, 0.3) is 0 Å². The van der Waals surface area contributed by atoms with Gasteiger partial charge in [-0.2, -0.15) is 0 Å². The first-order valence-corrected chi connectivity index (χ1v) is 13.7. The summed E-state index contributed by atoms with van der Waals surface area (Å²) in [5.41, 5.74) is 0. The molecule has 0 saturated heterocycles. The summed E-state index contributed by atoms with van der Waals surface area (Å²) in [5, 5.41) is 9.56. The number of carbonyl (C=O) groups excluding carboxylic acids is 3. The number of carbonyl (C=O) groups is 3. The maximum Gasteiger partial charge on any atom is 0.224 e. The van der Waals surface area contributed by atoms with Crippen molar-refractivity contribution in [3.8, 4) is 0 Å². The van der Waals surface area contributed by atoms with Crippen LogP contribution < -0.4 is 16.0 Å². The highest BCUT2D eigenvalue weighted by atomic mass is 16.2. The van der Waals surface area contributed by atoms with Gasteiger partial charge in [-0.1, -0.05) is 59.3 Å². The van der Waals surface area contributed by atoms with E-state index in [2.05, 4.69) is 36.7 Å². The number of nitrogens with one attached hydrogen (secondary N) is 3. The van der Waals surface area contributed by atoms with Crippen molar-refractivity contribution in [2.24, 2.45) is 23.7 Å². The molecule has 3 aliphatic carbocycles. The topological polar surface area (TPSA) is 87.3 Å². The number of amides is 3. The van der Waals surface area contributed by atoms with Gasteiger partial charge in [-0.15, -0.1) is 0 Å². The summed E-state index contributed by atoms with van der Waals surface area (Å²) in [5.74, 6) is 0.443. The molecule has 6 unspecified atom stereocenters. The van der Waals surface area contributed by atoms with Crippen LogP contribution in [0.25, 0.3) is 0 Å². The van der Waals surface area contributed by atoms with Crippen molar-refractivity contribution in [1.29, 1.82) is 0 Å². The largest absolute Gasteiger partial charge is 0.353 e. The fourth-order valence-electron chi connectivity index (χ4n) is 6.13. The highest BCUT2D eigenvalue weighted by Crippen LogP contribution is 2.27. The smallest absolute Gasteiger partial charge is 0.224 e. The van der Waals surface area contributed by atoms with E-state index in [0.29, 0.717) is 17.8 Å². The van der Waals surface area contributed by atoms with Crippen molar-refractivity contribution < 1.29 is 14.4 Å². The lowest BCUT2D eigenvalue weighted by molar-refractivity contribution is -0.135. The second kappa shape index (κ2) is 12.8. The van der Waals surface area contributed by atoms with E-state index in [9.17, 15) is 14.4 Å². The van der Waals surface area contributed by atoms with Crippen LogP contribution >= 0.6 is 0 Å². The van der Waals surface area contributed by atoms with Crippen LogP contribution in [0.15, 0.2) is 0 Å². The second-order valence-corrected chi connectivity index (χ2v) is 11.4. The Bertz CT molecular complexity index is 629. The van der Waals surface area contributed by atoms with Crippen LogP contribution in [-0.2, 0) is 14.4 Å². The Morgan fingerprint density at radius 2 is 0.909 bits per heavy atom. The maximum absolute atomic E-state index is 13.3. The van der Waals surface area contributed by atoms with E-state index >= 15 is 0 Å². The Labute approximate surface area is 200 Å². The average molecular weight is 462 g/mol. The minimum Gasteiger partial charge on any atom is -0.353 e. The van der Waals surface area contributed by atoms with Gasteiger partial charge in [0.1, 0.15) is 0 Å². The third-order valence-corrected chi connectivity index (χ3v) is 8.59. The molecule has 6 heteroatoms. The predicted molar refractivity (Wildman–Crippen MR) is 131 cm³/mol. The van der Waals surface area contributed by atoms with Crippen molar-refractivity contribution >= 4 is 17.7 Å². The first-order valence-electron chi connectivity index (χ1n) is 13.7. The standard InChI is InChI=1S/C27H47N3O3/c1-18-10-4-7-13-22(18)28-25(31)16-21(27(33)30-24-15-9-6-12-20(24)3)17-26(32)29-23-14-8-5-11-19(23)2/h18-24H,4-17H2,1-3H3,(H,28,31)(H,29,32)(H,30,33). The second-order valence-electron chi connectivity index (χ2n) is 11.4. The molecule has 0 aromatic heterocycles. The zero-order valence-electron chi connectivity index (χ0n) is 21.2. The summed E-state index contributed by atoms with van der Waals surface area (Å²) >= 11 is 0. The van der Waals surface area contributed by atoms with E-state index < -0.39 is 5.92 Å². The van der Waals surface area contributed by atoms with Gasteiger partial charge < -0.3 is 16.0 Å². The van der Waals surface area contributed by atoms with E-state index in [1.165, 1.54) is 19.3 Å². The Kier molecular flexibility index (Phi) is 10.1. The van der Waals surface area contributed by atoms with Gasteiger partial charge in [0.05, 0.1) is 5.92 Å². The van der Waals surface area contributed by atoms with E-state index in [1.807, 2.05) is 0 Å². The Hall–Kier alpha value is -1.59. The third-order valence-electron chi connectivity index (χ3n) is 8.59. The summed E-state index contributed by atoms with van der Waals surface area (Å²) in [6.45, 7) is 6.57. The Morgan fingerprint density at radius 1 is 0.576 bits per heavy atom. The lowest BCUT2D eigenvalue weighted by atomic mass is 9.84. The number of hydrogen-bond acceptors (Lipinski definition) is 3. The fourth-order valence-corrected chi connectivity index (χ4v) is 6.13. The minimum atomic E-state index is -0.614. The molecule has 3 saturated carbocycles. The average Bonchev–Trinajstić information content (AvgIpc) is 2.78. The molecule has 0 aliphatic heterocycles. The monoisotopic (exact) mass is 461 g/mol. The van der Waals surface area contributed by atoms with Gasteiger partial charge in [-0.05, 0) is 56.3 Å². The van der Waals surface area contributed by atoms with Crippen molar-refractivity contribution in [3.63, 3.8) is 0 Å². The highest BCUT2D eigenvalue weighted by Gasteiger charge is 2.32. The van der Waals surface area contributed by atoms with Gasteiger partial charge in [-0.3, -0.25) is 14.4 Å². The molecule has 0 radical (unpaired) electrons. The molecule has 3 N–H and O–H groups in total. The molecule has 0 aromatic carbocycles. The molecule has 3 aliphatic rings. The van der Waals surface area contributed by atoms with Gasteiger partial charge in [0, 0.05) is 31.0 Å². The molecule has 188 valence electrons. The Morgan fingerprint density at radius 3 is 1.27 bits per heavy atom. The summed E-state index contributed by atoms with van der Waals surface area (Å²) in [6.07, 6.45) is 13.6. The SMILES string of the molecule is CC1CCCCC1NC(=O)CC(CC(=O)NC1CCCCC1C)C(=O)NC1CCCCC1C. The lowest BCUT2D eigenvalue weighted by Crippen LogP contribution is -2.48. The van der Waals surface area contributed by atoms with Crippen LogP contribution in [0.1, 0.15) is 111 Å². The van der Waals surface area contributed by atoms with Gasteiger partial charge in [-0.25, -0.2) is 0 Å². The fraction of sp³-hybridized carbons (Fsp3) is 0.889. The number of hydrogen-bond donors (Lipinski definition) is 3. The van der Waals surface area contributed by atoms with E-state index in [1.54, 1.807) is 0 Å². The van der Waals surface area contributed by atoms with Crippen molar-refractivity contribution in [2.75, 3.05) is 0 Å². The molecule has 3 rings (SSSR count). The summed E-state index contributed by atoms with van der Waals surface area (Å²) in [6, 6.07) is 0.520. The molecule has 0 bridgehead atoms. The van der Waals surface area contributed by atoms with E-state index in [4.69, 9.17) is 0 Å². The lowest BCUT2D eigenvalue weighted by Gasteiger charge is -2.32. The summed E-state index contributed by atoms with van der Waals surface area (Å²) in [4.78, 5) is 39.1. The minimum absolute atomic E-state index is 0.0871. The predicted octanol–water partition coefficient (Wildman–Crippen LogP) is 4.47. The zero-order valence-corrected chi connectivity index (χ0v) is 21.2. The van der Waals surface area contributed by atoms with Crippen LogP contribution in [0, 0.1) is 23.7 Å². The van der Waals surface area contributed by atoms with Crippen LogP contribution in [0.5, 0.6) is 0 Å². The third kappa shape index (κ3) is 7.99. The molecule has 0 spiro atoms. The van der Waals surface area contributed by atoms with Gasteiger partial charge in [0.15, 0.2) is 0 Å². The Balaban J connectivity index is 1.60. The first-order chi connectivity index (χ1) is 15.8. The van der Waals surface area contributed by atoms with E-state index in [0.717, 1.165) is 57.8 Å².